The van der Waals surface area contributed by atoms with Gasteiger partial charge in [0, 0.05) is 21.8 Å². The van der Waals surface area contributed by atoms with E-state index in [-0.39, 0.29) is 5.41 Å². The summed E-state index contributed by atoms with van der Waals surface area (Å²) in [5.41, 5.74) is 4.06. The van der Waals surface area contributed by atoms with Crippen molar-refractivity contribution in [2.24, 2.45) is 17.8 Å². The molecule has 1 aromatic heterocycles. The molecule has 0 amide bonds. The Labute approximate surface area is 180 Å². The summed E-state index contributed by atoms with van der Waals surface area (Å²) in [6.45, 7) is 6.80. The van der Waals surface area contributed by atoms with E-state index in [1.54, 1.807) is 0 Å². The molecule has 0 N–H and O–H groups in total. The second-order valence-electron chi connectivity index (χ2n) is 11.5. The fourth-order valence-corrected chi connectivity index (χ4v) is 7.57. The largest absolute Gasteiger partial charge is 0.496 e. The van der Waals surface area contributed by atoms with Gasteiger partial charge < -0.3 is 4.74 Å². The van der Waals surface area contributed by atoms with Crippen molar-refractivity contribution in [1.29, 1.82) is 0 Å². The molecule has 4 aliphatic rings. The first kappa shape index (κ1) is 18.7. The zero-order valence-corrected chi connectivity index (χ0v) is 18.8. The van der Waals surface area contributed by atoms with E-state index in [0.717, 1.165) is 29.0 Å². The third-order valence-electron chi connectivity index (χ3n) is 8.34. The molecule has 0 radical (unpaired) electrons. The number of benzene rings is 2. The van der Waals surface area contributed by atoms with E-state index in [0.29, 0.717) is 5.41 Å². The van der Waals surface area contributed by atoms with Crippen LogP contribution in [0.25, 0.3) is 21.7 Å². The average Bonchev–Trinajstić information content (AvgIpc) is 2.70. The van der Waals surface area contributed by atoms with E-state index in [2.05, 4.69) is 57.2 Å². The summed E-state index contributed by atoms with van der Waals surface area (Å²) in [6, 6.07) is 13.5. The van der Waals surface area contributed by atoms with Crippen LogP contribution in [0.1, 0.15) is 70.6 Å². The maximum absolute atomic E-state index is 6.09. The number of nitrogens with zero attached hydrogens (tertiary/aromatic N) is 1. The minimum Gasteiger partial charge on any atom is -0.496 e. The van der Waals surface area contributed by atoms with Crippen LogP contribution in [-0.2, 0) is 10.8 Å². The van der Waals surface area contributed by atoms with Gasteiger partial charge in [0.1, 0.15) is 5.75 Å². The molecule has 0 saturated heterocycles. The Morgan fingerprint density at radius 2 is 1.50 bits per heavy atom. The molecule has 156 valence electrons. The molecule has 2 nitrogen and oxygen atoms in total. The second kappa shape index (κ2) is 6.22. The molecule has 7 rings (SSSR count). The van der Waals surface area contributed by atoms with Gasteiger partial charge in [-0.15, -0.1) is 0 Å². The summed E-state index contributed by atoms with van der Waals surface area (Å²) in [7, 11) is 1.86. The van der Waals surface area contributed by atoms with Crippen molar-refractivity contribution in [3.05, 3.63) is 47.7 Å². The van der Waals surface area contributed by atoms with Crippen molar-refractivity contribution in [2.75, 3.05) is 7.11 Å². The minimum absolute atomic E-state index is 0.0184. The standard InChI is InChI=1S/C28H33NO/c1-27(2,3)26-22-13-25(30-4)23(12-21(22)20-7-5-6-8-24(20)29-26)28-14-17-9-18(15-28)11-19(10-17)16-28/h5-8,12-13,17-19H,9-11,14-16H2,1-4H3. The molecule has 4 bridgehead atoms. The topological polar surface area (TPSA) is 22.1 Å². The van der Waals surface area contributed by atoms with Gasteiger partial charge in [0.2, 0.25) is 0 Å². The van der Waals surface area contributed by atoms with E-state index in [9.17, 15) is 0 Å². The van der Waals surface area contributed by atoms with Gasteiger partial charge in [-0.05, 0) is 85.3 Å². The minimum atomic E-state index is -0.0184. The normalized spacial score (nSPS) is 30.3. The number of methoxy groups -OCH3 is 1. The highest BCUT2D eigenvalue weighted by molar-refractivity contribution is 6.07. The van der Waals surface area contributed by atoms with Gasteiger partial charge in [-0.25, -0.2) is 0 Å². The molecular formula is C28H33NO. The van der Waals surface area contributed by atoms with Gasteiger partial charge in [0.25, 0.3) is 0 Å². The van der Waals surface area contributed by atoms with Crippen LogP contribution < -0.4 is 4.74 Å². The van der Waals surface area contributed by atoms with Gasteiger partial charge in [0.05, 0.1) is 18.3 Å². The first-order chi connectivity index (χ1) is 14.4. The molecule has 0 unspecified atom stereocenters. The summed E-state index contributed by atoms with van der Waals surface area (Å²) >= 11 is 0. The molecule has 4 saturated carbocycles. The lowest BCUT2D eigenvalue weighted by Crippen LogP contribution is -2.48. The Hall–Kier alpha value is -2.09. The van der Waals surface area contributed by atoms with Crippen LogP contribution in [0.4, 0.5) is 0 Å². The van der Waals surface area contributed by atoms with Crippen LogP contribution in [0.2, 0.25) is 0 Å². The predicted octanol–water partition coefficient (Wildman–Crippen LogP) is 7.16. The van der Waals surface area contributed by atoms with Gasteiger partial charge in [0.15, 0.2) is 0 Å². The SMILES string of the molecule is COc1cc2c(C(C)(C)C)nc3ccccc3c2cc1C12CC3CC(CC(C3)C1)C2. The Kier molecular flexibility index (Phi) is 3.87. The first-order valence-electron chi connectivity index (χ1n) is 11.8. The molecule has 1 heterocycles. The number of para-hydroxylation sites is 1. The van der Waals surface area contributed by atoms with E-state index in [1.807, 2.05) is 7.11 Å². The number of pyridine rings is 1. The van der Waals surface area contributed by atoms with Crippen LogP contribution >= 0.6 is 0 Å². The average molecular weight is 400 g/mol. The Balaban J connectivity index is 1.66. The summed E-state index contributed by atoms with van der Waals surface area (Å²) in [5.74, 6) is 3.87. The molecule has 4 aliphatic carbocycles. The number of hydrogen-bond acceptors (Lipinski definition) is 2. The predicted molar refractivity (Wildman–Crippen MR) is 124 cm³/mol. The van der Waals surface area contributed by atoms with Crippen LogP contribution in [-0.4, -0.2) is 12.1 Å². The van der Waals surface area contributed by atoms with Crippen molar-refractivity contribution in [2.45, 2.75) is 70.1 Å². The number of rotatable bonds is 2. The Morgan fingerprint density at radius 3 is 2.10 bits per heavy atom. The lowest BCUT2D eigenvalue weighted by molar-refractivity contribution is -0.00608. The molecule has 0 aliphatic heterocycles. The van der Waals surface area contributed by atoms with E-state index in [4.69, 9.17) is 9.72 Å². The van der Waals surface area contributed by atoms with Crippen LogP contribution in [0.15, 0.2) is 36.4 Å². The smallest absolute Gasteiger partial charge is 0.123 e. The molecule has 30 heavy (non-hydrogen) atoms. The summed E-state index contributed by atoms with van der Waals surface area (Å²) in [4.78, 5) is 5.12. The first-order valence-corrected chi connectivity index (χ1v) is 11.8. The number of hydrogen-bond donors (Lipinski definition) is 0. The second-order valence-corrected chi connectivity index (χ2v) is 11.5. The molecule has 0 spiro atoms. The summed E-state index contributed by atoms with van der Waals surface area (Å²) < 4.78 is 6.09. The Morgan fingerprint density at radius 1 is 0.867 bits per heavy atom. The number of fused-ring (bicyclic) bond motifs is 3. The third kappa shape index (κ3) is 2.65. The van der Waals surface area contributed by atoms with Gasteiger partial charge in [-0.2, -0.15) is 0 Å². The quantitative estimate of drug-likeness (QED) is 0.426. The fourth-order valence-electron chi connectivity index (χ4n) is 7.57. The summed E-state index contributed by atoms with van der Waals surface area (Å²) in [6.07, 6.45) is 8.48. The lowest BCUT2D eigenvalue weighted by atomic mass is 9.48. The van der Waals surface area contributed by atoms with Crippen molar-refractivity contribution in [1.82, 2.24) is 4.98 Å². The van der Waals surface area contributed by atoms with Crippen molar-refractivity contribution < 1.29 is 4.74 Å². The van der Waals surface area contributed by atoms with E-state index < -0.39 is 0 Å². The van der Waals surface area contributed by atoms with Crippen LogP contribution in [0.5, 0.6) is 5.75 Å². The summed E-state index contributed by atoms with van der Waals surface area (Å²) in [5, 5.41) is 3.89. The lowest BCUT2D eigenvalue weighted by Gasteiger charge is -2.57. The highest BCUT2D eigenvalue weighted by atomic mass is 16.5. The van der Waals surface area contributed by atoms with Gasteiger partial charge >= 0.3 is 0 Å². The molecule has 2 aromatic carbocycles. The maximum atomic E-state index is 6.09. The van der Waals surface area contributed by atoms with Gasteiger partial charge in [-0.1, -0.05) is 39.0 Å². The van der Waals surface area contributed by atoms with Gasteiger partial charge in [-0.3, -0.25) is 4.98 Å². The van der Waals surface area contributed by atoms with Crippen LogP contribution in [0, 0.1) is 17.8 Å². The van der Waals surface area contributed by atoms with Crippen LogP contribution in [0.3, 0.4) is 0 Å². The number of ether oxygens (including phenoxy) is 1. The van der Waals surface area contributed by atoms with Crippen molar-refractivity contribution in [3.63, 3.8) is 0 Å². The Bertz CT molecular complexity index is 1120. The van der Waals surface area contributed by atoms with E-state index >= 15 is 0 Å². The molecule has 3 aromatic rings. The highest BCUT2D eigenvalue weighted by Crippen LogP contribution is 2.62. The highest BCUT2D eigenvalue weighted by Gasteiger charge is 2.52. The van der Waals surface area contributed by atoms with Crippen molar-refractivity contribution >= 4 is 21.7 Å². The zero-order chi connectivity index (χ0) is 20.7. The van der Waals surface area contributed by atoms with E-state index in [1.165, 1.54) is 65.9 Å². The fraction of sp³-hybridized carbons (Fsp3) is 0.536. The third-order valence-corrected chi connectivity index (χ3v) is 8.34. The molecule has 0 atom stereocenters. The molecular weight excluding hydrogens is 366 g/mol. The molecule has 4 fully saturated rings. The maximum Gasteiger partial charge on any atom is 0.123 e. The number of aromatic nitrogens is 1. The zero-order valence-electron chi connectivity index (χ0n) is 18.8. The van der Waals surface area contributed by atoms with Crippen molar-refractivity contribution in [3.8, 4) is 5.75 Å². The monoisotopic (exact) mass is 399 g/mol. The molecule has 2 heteroatoms.